The molecule has 0 spiro atoms. The van der Waals surface area contributed by atoms with Gasteiger partial charge in [0.1, 0.15) is 0 Å². The van der Waals surface area contributed by atoms with Crippen LogP contribution < -0.4 is 24.4 Å². The van der Waals surface area contributed by atoms with Crippen LogP contribution >= 0.6 is 22.9 Å². The summed E-state index contributed by atoms with van der Waals surface area (Å²) in [5.74, 6) is -0.171. The number of carbonyl (C=O) groups is 1. The van der Waals surface area contributed by atoms with E-state index in [4.69, 9.17) is 25.8 Å². The van der Waals surface area contributed by atoms with E-state index in [2.05, 4.69) is 4.99 Å². The average Bonchev–Trinajstić information content (AvgIpc) is 3.16. The highest BCUT2D eigenvalue weighted by atomic mass is 35.5. The average molecular weight is 530 g/mol. The van der Waals surface area contributed by atoms with Crippen molar-refractivity contribution in [2.24, 2.45) is 4.99 Å². The number of rotatable bonds is 6. The molecule has 0 saturated carbocycles. The highest BCUT2D eigenvalue weighted by Gasteiger charge is 2.33. The summed E-state index contributed by atoms with van der Waals surface area (Å²) in [4.78, 5) is 42.3. The Bertz CT molecular complexity index is 1590. The summed E-state index contributed by atoms with van der Waals surface area (Å²) in [5, 5.41) is 12.2. The number of hydrogen-bond acceptors (Lipinski definition) is 9. The Hall–Kier alpha value is -3.96. The van der Waals surface area contributed by atoms with Crippen LogP contribution in [-0.2, 0) is 9.53 Å². The van der Waals surface area contributed by atoms with Gasteiger partial charge in [0.05, 0.1) is 59.7 Å². The van der Waals surface area contributed by atoms with Crippen LogP contribution in [0.4, 0.5) is 5.69 Å². The molecule has 3 aromatic rings. The van der Waals surface area contributed by atoms with Crippen LogP contribution in [0.1, 0.15) is 24.1 Å². The predicted molar refractivity (Wildman–Crippen MR) is 133 cm³/mol. The first-order valence-corrected chi connectivity index (χ1v) is 11.7. The SMILES string of the molecule is COC(=O)C1=C(C)N=c2s/c(=C\c3cc(OC)c(OC)cc3[N+](=O)[O-])c(=O)n2[C@H]1c1ccc(Cl)cc1. The lowest BCUT2D eigenvalue weighted by Crippen LogP contribution is -2.39. The van der Waals surface area contributed by atoms with Crippen LogP contribution in [0.5, 0.6) is 11.5 Å². The Morgan fingerprint density at radius 3 is 2.39 bits per heavy atom. The largest absolute Gasteiger partial charge is 0.493 e. The molecule has 0 aliphatic carbocycles. The minimum absolute atomic E-state index is 0.148. The number of benzene rings is 2. The minimum atomic E-state index is -0.825. The van der Waals surface area contributed by atoms with Crippen molar-refractivity contribution in [3.63, 3.8) is 0 Å². The van der Waals surface area contributed by atoms with Gasteiger partial charge in [-0.25, -0.2) is 9.79 Å². The number of thiazole rings is 1. The van der Waals surface area contributed by atoms with Gasteiger partial charge in [-0.3, -0.25) is 19.5 Å². The summed E-state index contributed by atoms with van der Waals surface area (Å²) < 4.78 is 17.0. The smallest absolute Gasteiger partial charge is 0.338 e. The molecule has 0 bridgehead atoms. The van der Waals surface area contributed by atoms with E-state index in [0.29, 0.717) is 21.1 Å². The van der Waals surface area contributed by atoms with Gasteiger partial charge in [-0.15, -0.1) is 0 Å². The summed E-state index contributed by atoms with van der Waals surface area (Å²) in [6, 6.07) is 8.58. The number of allylic oxidation sites excluding steroid dienone is 1. The third-order valence-electron chi connectivity index (χ3n) is 5.63. The number of fused-ring (bicyclic) bond motifs is 1. The maximum atomic E-state index is 13.6. The fraction of sp³-hybridized carbons (Fsp3) is 0.208. The lowest BCUT2D eigenvalue weighted by atomic mass is 9.96. The molecule has 1 atom stereocenters. The molecule has 10 nitrogen and oxygen atoms in total. The van der Waals surface area contributed by atoms with Crippen LogP contribution in [0, 0.1) is 10.1 Å². The van der Waals surface area contributed by atoms with Crippen LogP contribution in [0.15, 0.2) is 57.5 Å². The zero-order valence-corrected chi connectivity index (χ0v) is 21.2. The molecule has 0 radical (unpaired) electrons. The first-order chi connectivity index (χ1) is 17.2. The van der Waals surface area contributed by atoms with E-state index < -0.39 is 22.5 Å². The Morgan fingerprint density at radius 1 is 1.17 bits per heavy atom. The number of methoxy groups -OCH3 is 3. The first-order valence-electron chi connectivity index (χ1n) is 10.5. The van der Waals surface area contributed by atoms with Gasteiger partial charge in [-0.2, -0.15) is 0 Å². The second kappa shape index (κ2) is 9.96. The molecule has 4 rings (SSSR count). The van der Waals surface area contributed by atoms with Gasteiger partial charge >= 0.3 is 5.97 Å². The van der Waals surface area contributed by atoms with Crippen molar-refractivity contribution in [2.45, 2.75) is 13.0 Å². The molecule has 0 fully saturated rings. The molecule has 1 aliphatic heterocycles. The topological polar surface area (TPSA) is 122 Å². The van der Waals surface area contributed by atoms with E-state index in [1.807, 2.05) is 0 Å². The van der Waals surface area contributed by atoms with E-state index in [-0.39, 0.29) is 32.9 Å². The number of nitro benzene ring substituents is 1. The molecule has 12 heteroatoms. The number of nitrogens with zero attached hydrogens (tertiary/aromatic N) is 3. The number of esters is 1. The monoisotopic (exact) mass is 529 g/mol. The van der Waals surface area contributed by atoms with Crippen molar-refractivity contribution < 1.29 is 23.9 Å². The van der Waals surface area contributed by atoms with Crippen molar-refractivity contribution in [2.75, 3.05) is 21.3 Å². The molecule has 2 aromatic carbocycles. The molecule has 0 unspecified atom stereocenters. The van der Waals surface area contributed by atoms with Gasteiger partial charge in [0, 0.05) is 5.02 Å². The zero-order valence-electron chi connectivity index (χ0n) is 19.6. The molecular formula is C24H20ClN3O7S. The first kappa shape index (κ1) is 25.1. The maximum absolute atomic E-state index is 13.6. The predicted octanol–water partition coefficient (Wildman–Crippen LogP) is 2.99. The maximum Gasteiger partial charge on any atom is 0.338 e. The summed E-state index contributed by atoms with van der Waals surface area (Å²) >= 11 is 7.10. The Balaban J connectivity index is 2.00. The van der Waals surface area contributed by atoms with Gasteiger partial charge in [0.25, 0.3) is 11.2 Å². The van der Waals surface area contributed by atoms with E-state index in [1.54, 1.807) is 31.2 Å². The van der Waals surface area contributed by atoms with E-state index in [1.165, 1.54) is 44.1 Å². The fourth-order valence-electron chi connectivity index (χ4n) is 3.95. The number of carbonyl (C=O) groups excluding carboxylic acids is 1. The Labute approximate surface area is 213 Å². The van der Waals surface area contributed by atoms with Crippen LogP contribution in [0.3, 0.4) is 0 Å². The minimum Gasteiger partial charge on any atom is -0.493 e. The van der Waals surface area contributed by atoms with Crippen LogP contribution in [-0.4, -0.2) is 36.8 Å². The van der Waals surface area contributed by atoms with Gasteiger partial charge in [0.2, 0.25) is 0 Å². The fourth-order valence-corrected chi connectivity index (χ4v) is 5.12. The molecule has 1 aliphatic rings. The summed E-state index contributed by atoms with van der Waals surface area (Å²) in [5.41, 5.74) is 0.632. The standard InChI is InChI=1S/C24H20ClN3O7S/c1-12-20(23(30)35-4)21(13-5-7-15(25)8-6-13)27-22(29)19(36-24(27)26-12)10-14-9-17(33-2)18(34-3)11-16(14)28(31)32/h5-11,21H,1-4H3/b19-10-/t21-/m0/s1. The lowest BCUT2D eigenvalue weighted by Gasteiger charge is -2.24. The molecule has 0 N–H and O–H groups in total. The van der Waals surface area contributed by atoms with Crippen molar-refractivity contribution in [1.29, 1.82) is 0 Å². The number of halogens is 1. The molecule has 0 amide bonds. The van der Waals surface area contributed by atoms with Crippen LogP contribution in [0.2, 0.25) is 5.02 Å². The summed E-state index contributed by atoms with van der Waals surface area (Å²) in [7, 11) is 4.03. The third kappa shape index (κ3) is 4.38. The second-order valence-corrected chi connectivity index (χ2v) is 9.09. The molecule has 2 heterocycles. The Kier molecular flexibility index (Phi) is 6.95. The van der Waals surface area contributed by atoms with E-state index in [0.717, 1.165) is 11.3 Å². The van der Waals surface area contributed by atoms with Crippen molar-refractivity contribution in [3.05, 3.63) is 93.6 Å². The lowest BCUT2D eigenvalue weighted by molar-refractivity contribution is -0.385. The summed E-state index contributed by atoms with van der Waals surface area (Å²) in [6.07, 6.45) is 1.40. The Morgan fingerprint density at radius 2 is 1.81 bits per heavy atom. The zero-order chi connectivity index (χ0) is 26.1. The molecule has 186 valence electrons. The number of nitro groups is 1. The normalized spacial score (nSPS) is 15.2. The summed E-state index contributed by atoms with van der Waals surface area (Å²) in [6.45, 7) is 1.66. The van der Waals surface area contributed by atoms with Gasteiger partial charge < -0.3 is 14.2 Å². The third-order valence-corrected chi connectivity index (χ3v) is 6.86. The number of ether oxygens (including phenoxy) is 3. The molecule has 1 aromatic heterocycles. The molecule has 36 heavy (non-hydrogen) atoms. The molecular weight excluding hydrogens is 510 g/mol. The number of aromatic nitrogens is 1. The number of hydrogen-bond donors (Lipinski definition) is 0. The van der Waals surface area contributed by atoms with E-state index in [9.17, 15) is 19.7 Å². The van der Waals surface area contributed by atoms with Crippen LogP contribution in [0.25, 0.3) is 6.08 Å². The highest BCUT2D eigenvalue weighted by Crippen LogP contribution is 2.35. The van der Waals surface area contributed by atoms with Crippen molar-refractivity contribution in [3.8, 4) is 11.5 Å². The molecule has 0 saturated heterocycles. The van der Waals surface area contributed by atoms with Crippen molar-refractivity contribution in [1.82, 2.24) is 4.57 Å². The van der Waals surface area contributed by atoms with Gasteiger partial charge in [-0.05, 0) is 36.8 Å². The second-order valence-electron chi connectivity index (χ2n) is 7.65. The van der Waals surface area contributed by atoms with E-state index >= 15 is 0 Å². The quantitative estimate of drug-likeness (QED) is 0.273. The van der Waals surface area contributed by atoms with Gasteiger partial charge in [0.15, 0.2) is 16.3 Å². The van der Waals surface area contributed by atoms with Crippen molar-refractivity contribution >= 4 is 40.7 Å². The highest BCUT2D eigenvalue weighted by molar-refractivity contribution is 7.07. The van der Waals surface area contributed by atoms with Gasteiger partial charge in [-0.1, -0.05) is 35.1 Å².